The minimum absolute atomic E-state index is 0.0990. The van der Waals surface area contributed by atoms with Gasteiger partial charge in [0.2, 0.25) is 0 Å². The highest BCUT2D eigenvalue weighted by molar-refractivity contribution is 6.00. The highest BCUT2D eigenvalue weighted by atomic mass is 16.6. The lowest BCUT2D eigenvalue weighted by atomic mass is 9.95. The topological polar surface area (TPSA) is 102 Å². The minimum Gasteiger partial charge on any atom is -0.493 e. The second-order valence-corrected chi connectivity index (χ2v) is 5.35. The Morgan fingerprint density at radius 3 is 2.67 bits per heavy atom. The summed E-state index contributed by atoms with van der Waals surface area (Å²) in [6.45, 7) is 5.66. The number of hydrogen-bond donors (Lipinski definition) is 2. The molecule has 1 rings (SSSR count). The van der Waals surface area contributed by atoms with Crippen molar-refractivity contribution in [1.82, 2.24) is 5.32 Å². The van der Waals surface area contributed by atoms with Crippen molar-refractivity contribution < 1.29 is 19.6 Å². The maximum absolute atomic E-state index is 12.3. The molecule has 0 saturated carbocycles. The number of carbonyl (C=O) groups excluding carboxylic acids is 1. The van der Waals surface area contributed by atoms with Crippen molar-refractivity contribution in [2.24, 2.45) is 5.41 Å². The number of benzene rings is 1. The fourth-order valence-electron chi connectivity index (χ4n) is 1.64. The number of nitro groups is 1. The Morgan fingerprint density at radius 1 is 1.48 bits per heavy atom. The van der Waals surface area contributed by atoms with Crippen molar-refractivity contribution in [3.05, 3.63) is 33.9 Å². The summed E-state index contributed by atoms with van der Waals surface area (Å²) in [7, 11) is 0. The van der Waals surface area contributed by atoms with Crippen molar-refractivity contribution >= 4 is 11.6 Å². The lowest BCUT2D eigenvalue weighted by Crippen LogP contribution is -2.36. The summed E-state index contributed by atoms with van der Waals surface area (Å²) >= 11 is 0. The average molecular weight is 296 g/mol. The summed E-state index contributed by atoms with van der Waals surface area (Å²) in [6, 6.07) is 4.24. The van der Waals surface area contributed by atoms with Crippen molar-refractivity contribution in [2.75, 3.05) is 19.8 Å². The standard InChI is InChI=1S/C14H20N2O5/c1-4-21-11-7-5-6-10(16(19)20)12(11)13(18)15-8-14(2,3)9-17/h5-7,17H,4,8-9H2,1-3H3,(H,15,18). The number of hydrogen-bond acceptors (Lipinski definition) is 5. The molecule has 0 bridgehead atoms. The predicted molar refractivity (Wildman–Crippen MR) is 77.5 cm³/mol. The summed E-state index contributed by atoms with van der Waals surface area (Å²) in [4.78, 5) is 22.7. The molecule has 7 heteroatoms. The van der Waals surface area contributed by atoms with E-state index in [4.69, 9.17) is 4.74 Å². The zero-order valence-electron chi connectivity index (χ0n) is 12.4. The molecule has 0 unspecified atom stereocenters. The quantitative estimate of drug-likeness (QED) is 0.589. The van der Waals surface area contributed by atoms with Gasteiger partial charge in [0.25, 0.3) is 11.6 Å². The highest BCUT2D eigenvalue weighted by Crippen LogP contribution is 2.28. The third-order valence-corrected chi connectivity index (χ3v) is 2.88. The van der Waals surface area contributed by atoms with Gasteiger partial charge < -0.3 is 15.2 Å². The second kappa shape index (κ2) is 7.03. The lowest BCUT2D eigenvalue weighted by Gasteiger charge is -2.22. The van der Waals surface area contributed by atoms with Crippen LogP contribution in [0.15, 0.2) is 18.2 Å². The maximum Gasteiger partial charge on any atom is 0.285 e. The maximum atomic E-state index is 12.3. The molecule has 0 aromatic heterocycles. The molecule has 0 aliphatic carbocycles. The Labute approximate surface area is 123 Å². The Morgan fingerprint density at radius 2 is 2.14 bits per heavy atom. The molecule has 0 aliphatic heterocycles. The molecule has 1 aromatic carbocycles. The number of nitro benzene ring substituents is 1. The monoisotopic (exact) mass is 296 g/mol. The van der Waals surface area contributed by atoms with Crippen LogP contribution in [0.5, 0.6) is 5.75 Å². The lowest BCUT2D eigenvalue weighted by molar-refractivity contribution is -0.385. The number of nitrogens with one attached hydrogen (secondary N) is 1. The molecule has 0 aliphatic rings. The summed E-state index contributed by atoms with van der Waals surface area (Å²) in [5, 5.41) is 22.8. The van der Waals surface area contributed by atoms with Crippen LogP contribution >= 0.6 is 0 Å². The van der Waals surface area contributed by atoms with Gasteiger partial charge in [0.15, 0.2) is 5.56 Å². The van der Waals surface area contributed by atoms with Crippen LogP contribution in [0.1, 0.15) is 31.1 Å². The first-order valence-corrected chi connectivity index (χ1v) is 6.61. The smallest absolute Gasteiger partial charge is 0.285 e. The van der Waals surface area contributed by atoms with E-state index in [2.05, 4.69) is 5.32 Å². The largest absolute Gasteiger partial charge is 0.493 e. The zero-order valence-corrected chi connectivity index (χ0v) is 12.4. The fourth-order valence-corrected chi connectivity index (χ4v) is 1.64. The number of nitrogens with zero attached hydrogens (tertiary/aromatic N) is 1. The third-order valence-electron chi connectivity index (χ3n) is 2.88. The fraction of sp³-hybridized carbons (Fsp3) is 0.500. The van der Waals surface area contributed by atoms with Gasteiger partial charge >= 0.3 is 0 Å². The molecule has 7 nitrogen and oxygen atoms in total. The Balaban J connectivity index is 3.08. The average Bonchev–Trinajstić information content (AvgIpc) is 2.45. The minimum atomic E-state index is -0.616. The number of rotatable bonds is 7. The van der Waals surface area contributed by atoms with Crippen LogP contribution in [0.3, 0.4) is 0 Å². The van der Waals surface area contributed by atoms with Crippen LogP contribution in [0, 0.1) is 15.5 Å². The summed E-state index contributed by atoms with van der Waals surface area (Å²) in [5.41, 5.74) is -0.913. The van der Waals surface area contributed by atoms with E-state index in [1.54, 1.807) is 20.8 Å². The van der Waals surface area contributed by atoms with E-state index in [1.165, 1.54) is 18.2 Å². The highest BCUT2D eigenvalue weighted by Gasteiger charge is 2.26. The van der Waals surface area contributed by atoms with Crippen LogP contribution in [0.4, 0.5) is 5.69 Å². The number of ether oxygens (including phenoxy) is 1. The molecule has 1 amide bonds. The van der Waals surface area contributed by atoms with Gasteiger partial charge in [-0.05, 0) is 13.0 Å². The molecular formula is C14H20N2O5. The number of aliphatic hydroxyl groups is 1. The summed E-state index contributed by atoms with van der Waals surface area (Å²) in [6.07, 6.45) is 0. The van der Waals surface area contributed by atoms with Crippen LogP contribution in [-0.4, -0.2) is 35.7 Å². The van der Waals surface area contributed by atoms with Gasteiger partial charge in [-0.2, -0.15) is 0 Å². The van der Waals surface area contributed by atoms with Crippen LogP contribution in [-0.2, 0) is 0 Å². The van der Waals surface area contributed by atoms with E-state index in [0.29, 0.717) is 6.61 Å². The van der Waals surface area contributed by atoms with Gasteiger partial charge in [-0.1, -0.05) is 19.9 Å². The van der Waals surface area contributed by atoms with E-state index in [-0.39, 0.29) is 30.2 Å². The van der Waals surface area contributed by atoms with Crippen LogP contribution in [0.2, 0.25) is 0 Å². The molecule has 0 atom stereocenters. The van der Waals surface area contributed by atoms with Crippen molar-refractivity contribution in [1.29, 1.82) is 0 Å². The molecule has 0 saturated heterocycles. The number of aliphatic hydroxyl groups excluding tert-OH is 1. The van der Waals surface area contributed by atoms with E-state index in [1.807, 2.05) is 0 Å². The third kappa shape index (κ3) is 4.42. The molecule has 0 fully saturated rings. The van der Waals surface area contributed by atoms with Crippen LogP contribution in [0.25, 0.3) is 0 Å². The van der Waals surface area contributed by atoms with E-state index in [9.17, 15) is 20.0 Å². The van der Waals surface area contributed by atoms with Crippen LogP contribution < -0.4 is 10.1 Å². The van der Waals surface area contributed by atoms with E-state index < -0.39 is 16.2 Å². The molecule has 116 valence electrons. The van der Waals surface area contributed by atoms with Crippen molar-refractivity contribution in [2.45, 2.75) is 20.8 Å². The van der Waals surface area contributed by atoms with Crippen molar-refractivity contribution in [3.8, 4) is 5.75 Å². The van der Waals surface area contributed by atoms with Gasteiger partial charge in [-0.15, -0.1) is 0 Å². The number of amides is 1. The molecule has 21 heavy (non-hydrogen) atoms. The van der Waals surface area contributed by atoms with E-state index in [0.717, 1.165) is 0 Å². The normalized spacial score (nSPS) is 11.0. The molecule has 2 N–H and O–H groups in total. The second-order valence-electron chi connectivity index (χ2n) is 5.35. The first-order valence-electron chi connectivity index (χ1n) is 6.61. The molecule has 0 radical (unpaired) electrons. The molecule has 0 spiro atoms. The molecule has 1 aromatic rings. The molecular weight excluding hydrogens is 276 g/mol. The summed E-state index contributed by atoms with van der Waals surface area (Å²) in [5.74, 6) is -0.418. The van der Waals surface area contributed by atoms with Gasteiger partial charge in [0.05, 0.1) is 11.5 Å². The first kappa shape index (κ1) is 16.9. The van der Waals surface area contributed by atoms with Crippen molar-refractivity contribution in [3.63, 3.8) is 0 Å². The first-order chi connectivity index (χ1) is 9.82. The SMILES string of the molecule is CCOc1cccc([N+](=O)[O-])c1C(=O)NCC(C)(C)CO. The number of carbonyl (C=O) groups is 1. The predicted octanol–water partition coefficient (Wildman–Crippen LogP) is 1.74. The van der Waals surface area contributed by atoms with Gasteiger partial charge in [0.1, 0.15) is 5.75 Å². The summed E-state index contributed by atoms with van der Waals surface area (Å²) < 4.78 is 5.29. The molecule has 0 heterocycles. The van der Waals surface area contributed by atoms with Gasteiger partial charge in [-0.3, -0.25) is 14.9 Å². The Kier molecular flexibility index (Phi) is 5.66. The van der Waals surface area contributed by atoms with Gasteiger partial charge in [-0.25, -0.2) is 0 Å². The van der Waals surface area contributed by atoms with E-state index >= 15 is 0 Å². The zero-order chi connectivity index (χ0) is 16.0. The Bertz CT molecular complexity index is 528. The Hall–Kier alpha value is -2.15. The van der Waals surface area contributed by atoms with Gasteiger partial charge in [0, 0.05) is 24.6 Å².